The van der Waals surface area contributed by atoms with Crippen LogP contribution in [0, 0.1) is 34.5 Å². The minimum Gasteiger partial charge on any atom is -0.393 e. The zero-order valence-corrected chi connectivity index (χ0v) is 19.5. The van der Waals surface area contributed by atoms with Gasteiger partial charge >= 0.3 is 0 Å². The Hall–Kier alpha value is -0.910. The number of aliphatic hydroxyl groups excluding tert-OH is 1. The second-order valence-corrected chi connectivity index (χ2v) is 11.9. The molecule has 174 valence electrons. The van der Waals surface area contributed by atoms with Crippen LogP contribution in [-0.4, -0.2) is 33.6 Å². The molecule has 0 saturated heterocycles. The molecule has 1 heterocycles. The molecule has 5 heteroatoms. The van der Waals surface area contributed by atoms with E-state index < -0.39 is 5.60 Å². The average molecular weight is 431 g/mol. The van der Waals surface area contributed by atoms with Gasteiger partial charge in [0.25, 0.3) is 0 Å². The van der Waals surface area contributed by atoms with Crippen molar-refractivity contribution in [2.24, 2.45) is 40.2 Å². The van der Waals surface area contributed by atoms with E-state index in [1.807, 2.05) is 0 Å². The van der Waals surface area contributed by atoms with E-state index in [0.29, 0.717) is 35.6 Å². The molecule has 4 aliphatic carbocycles. The van der Waals surface area contributed by atoms with Crippen LogP contribution in [0.5, 0.6) is 0 Å². The Morgan fingerprint density at radius 2 is 1.90 bits per heavy atom. The van der Waals surface area contributed by atoms with E-state index in [2.05, 4.69) is 25.1 Å². The first-order valence-corrected chi connectivity index (χ1v) is 12.8. The lowest BCUT2D eigenvalue weighted by atomic mass is 9.43. The van der Waals surface area contributed by atoms with Gasteiger partial charge in [-0.25, -0.2) is 0 Å². The van der Waals surface area contributed by atoms with Gasteiger partial charge in [0.2, 0.25) is 0 Å². The second-order valence-electron chi connectivity index (χ2n) is 11.9. The van der Waals surface area contributed by atoms with Gasteiger partial charge in [0.05, 0.1) is 17.4 Å². The highest BCUT2D eigenvalue weighted by atomic mass is 16.5. The maximum atomic E-state index is 12.3. The fourth-order valence-corrected chi connectivity index (χ4v) is 8.83. The van der Waals surface area contributed by atoms with E-state index in [9.17, 15) is 10.2 Å². The van der Waals surface area contributed by atoms with Crippen LogP contribution in [0.1, 0.15) is 89.5 Å². The van der Waals surface area contributed by atoms with Crippen molar-refractivity contribution in [1.82, 2.24) is 5.16 Å². The van der Waals surface area contributed by atoms with E-state index in [-0.39, 0.29) is 11.5 Å². The Labute approximate surface area is 187 Å². The molecule has 0 bridgehead atoms. The summed E-state index contributed by atoms with van der Waals surface area (Å²) in [4.78, 5) is 0. The van der Waals surface area contributed by atoms with Gasteiger partial charge in [0.15, 0.2) is 0 Å². The van der Waals surface area contributed by atoms with Crippen LogP contribution in [0.3, 0.4) is 0 Å². The summed E-state index contributed by atoms with van der Waals surface area (Å²) in [5.41, 5.74) is 6.45. The second kappa shape index (κ2) is 7.85. The highest BCUT2D eigenvalue weighted by Crippen LogP contribution is 2.69. The summed E-state index contributed by atoms with van der Waals surface area (Å²) in [6.07, 6.45) is 12.5. The van der Waals surface area contributed by atoms with Gasteiger partial charge in [-0.15, -0.1) is 0 Å². The summed E-state index contributed by atoms with van der Waals surface area (Å²) in [6, 6.07) is 2.06. The van der Waals surface area contributed by atoms with Gasteiger partial charge in [-0.2, -0.15) is 0 Å². The summed E-state index contributed by atoms with van der Waals surface area (Å²) in [7, 11) is 0. The van der Waals surface area contributed by atoms with Crippen molar-refractivity contribution in [3.05, 3.63) is 17.5 Å². The Balaban J connectivity index is 1.31. The maximum Gasteiger partial charge on any atom is 0.138 e. The molecule has 1 aromatic rings. The first-order valence-electron chi connectivity index (χ1n) is 12.8. The molecule has 4 aliphatic rings. The Bertz CT molecular complexity index is 795. The largest absolute Gasteiger partial charge is 0.393 e. The number of rotatable bonds is 5. The first-order chi connectivity index (χ1) is 14.8. The van der Waals surface area contributed by atoms with Crippen LogP contribution in [0.4, 0.5) is 0 Å². The predicted octanol–water partition coefficient (Wildman–Crippen LogP) is 4.24. The summed E-state index contributed by atoms with van der Waals surface area (Å²) >= 11 is 0. The lowest BCUT2D eigenvalue weighted by Gasteiger charge is -2.63. The van der Waals surface area contributed by atoms with E-state index >= 15 is 0 Å². The quantitative estimate of drug-likeness (QED) is 0.650. The van der Waals surface area contributed by atoms with Crippen LogP contribution in [0.15, 0.2) is 10.6 Å². The van der Waals surface area contributed by atoms with Crippen LogP contribution in [0.2, 0.25) is 0 Å². The van der Waals surface area contributed by atoms with Crippen molar-refractivity contribution in [3.63, 3.8) is 0 Å². The number of aromatic nitrogens is 1. The molecule has 1 aromatic heterocycles. The number of fused-ring (bicyclic) bond motifs is 5. The molecule has 5 nitrogen and oxygen atoms in total. The van der Waals surface area contributed by atoms with Crippen molar-refractivity contribution in [1.29, 1.82) is 0 Å². The van der Waals surface area contributed by atoms with Crippen molar-refractivity contribution in [2.75, 3.05) is 6.54 Å². The lowest BCUT2D eigenvalue weighted by Crippen LogP contribution is -2.62. The number of nitrogens with two attached hydrogens (primary N) is 1. The minimum atomic E-state index is -0.529. The molecule has 5 rings (SSSR count). The smallest absolute Gasteiger partial charge is 0.138 e. The van der Waals surface area contributed by atoms with E-state index in [1.54, 1.807) is 0 Å². The van der Waals surface area contributed by atoms with Gasteiger partial charge < -0.3 is 20.5 Å². The van der Waals surface area contributed by atoms with Crippen LogP contribution >= 0.6 is 0 Å². The number of aliphatic hydroxyl groups is 2. The number of hydrogen-bond donors (Lipinski definition) is 3. The van der Waals surface area contributed by atoms with Gasteiger partial charge in [0.1, 0.15) is 5.76 Å². The van der Waals surface area contributed by atoms with Crippen molar-refractivity contribution < 1.29 is 14.7 Å². The fourth-order valence-electron chi connectivity index (χ4n) is 8.83. The van der Waals surface area contributed by atoms with Crippen molar-refractivity contribution >= 4 is 0 Å². The van der Waals surface area contributed by atoms with Crippen molar-refractivity contribution in [3.8, 4) is 0 Å². The van der Waals surface area contributed by atoms with E-state index in [0.717, 1.165) is 75.7 Å². The molecule has 0 amide bonds. The summed E-state index contributed by atoms with van der Waals surface area (Å²) in [6.45, 7) is 5.47. The topological polar surface area (TPSA) is 92.5 Å². The van der Waals surface area contributed by atoms with Crippen LogP contribution in [0.25, 0.3) is 0 Å². The number of nitrogens with zero attached hydrogens (tertiary/aromatic N) is 1. The molecule has 8 atom stereocenters. The normalized spacial score (nSPS) is 46.9. The molecule has 4 saturated carbocycles. The van der Waals surface area contributed by atoms with Gasteiger partial charge in [-0.1, -0.05) is 19.0 Å². The third-order valence-corrected chi connectivity index (χ3v) is 10.8. The minimum absolute atomic E-state index is 0.00929. The highest BCUT2D eigenvalue weighted by Gasteiger charge is 2.66. The number of hydrogen-bond acceptors (Lipinski definition) is 5. The molecule has 0 aliphatic heterocycles. The summed E-state index contributed by atoms with van der Waals surface area (Å²) < 4.78 is 5.41. The predicted molar refractivity (Wildman–Crippen MR) is 120 cm³/mol. The molecular formula is C26H42N2O3. The number of aryl methyl sites for hydroxylation is 1. The molecule has 0 spiro atoms. The third-order valence-electron chi connectivity index (χ3n) is 10.8. The third kappa shape index (κ3) is 3.33. The summed E-state index contributed by atoms with van der Waals surface area (Å²) in [5, 5.41) is 26.8. The SMILES string of the molecule is C[C@]12CC[C@H](O)C[C@H]1CCC1C2CC[C@]2(C)[C@@H](CCc3cc(CCN)on3)CC[C@]12O. The molecule has 0 radical (unpaired) electrons. The first kappa shape index (κ1) is 21.9. The summed E-state index contributed by atoms with van der Waals surface area (Å²) in [5.74, 6) is 3.11. The molecule has 31 heavy (non-hydrogen) atoms. The monoisotopic (exact) mass is 430 g/mol. The maximum absolute atomic E-state index is 12.3. The Morgan fingerprint density at radius 3 is 2.71 bits per heavy atom. The molecule has 2 unspecified atom stereocenters. The van der Waals surface area contributed by atoms with E-state index in [4.69, 9.17) is 10.3 Å². The Morgan fingerprint density at radius 1 is 1.06 bits per heavy atom. The molecule has 4 N–H and O–H groups in total. The molecular weight excluding hydrogens is 388 g/mol. The van der Waals surface area contributed by atoms with Crippen molar-refractivity contribution in [2.45, 2.75) is 103 Å². The fraction of sp³-hybridized carbons (Fsp3) is 0.885. The lowest BCUT2D eigenvalue weighted by molar-refractivity contribution is -0.210. The Kier molecular flexibility index (Phi) is 5.55. The zero-order valence-electron chi connectivity index (χ0n) is 19.5. The average Bonchev–Trinajstić information content (AvgIpc) is 3.29. The van der Waals surface area contributed by atoms with Gasteiger partial charge in [-0.3, -0.25) is 0 Å². The zero-order chi connectivity index (χ0) is 21.9. The van der Waals surface area contributed by atoms with Crippen LogP contribution < -0.4 is 5.73 Å². The van der Waals surface area contributed by atoms with E-state index in [1.165, 1.54) is 12.8 Å². The standard InChI is InChI=1S/C26H42N2O3/c1-24-11-8-20(29)15-18(24)4-6-23-22(24)9-12-25(2)17(7-13-26(23,25)30)3-5-19-16-21(10-14-27)31-28-19/h16-18,20,22-23,29-30H,3-15,27H2,1-2H3/t17-,18+,20-,22?,23?,24-,25+,26-/m0/s1. The van der Waals surface area contributed by atoms with Gasteiger partial charge in [0, 0.05) is 12.5 Å². The van der Waals surface area contributed by atoms with Gasteiger partial charge in [-0.05, 0) is 112 Å². The van der Waals surface area contributed by atoms with Crippen LogP contribution in [-0.2, 0) is 12.8 Å². The molecule has 0 aromatic carbocycles. The molecule has 4 fully saturated rings. The highest BCUT2D eigenvalue weighted by molar-refractivity contribution is 5.17.